The average Bonchev–Trinajstić information content (AvgIpc) is 2.92. The molecule has 2 rings (SSSR count). The first kappa shape index (κ1) is 14.1. The van der Waals surface area contributed by atoms with Crippen molar-refractivity contribution in [3.63, 3.8) is 0 Å². The first-order valence-electron chi connectivity index (χ1n) is 6.24. The molecule has 0 bridgehead atoms. The Labute approximate surface area is 112 Å². The summed E-state index contributed by atoms with van der Waals surface area (Å²) >= 11 is 1.44. The summed E-state index contributed by atoms with van der Waals surface area (Å²) in [5.74, 6) is 0.813. The normalized spacial score (nSPS) is 30.8. The van der Waals surface area contributed by atoms with Crippen molar-refractivity contribution >= 4 is 27.5 Å². The molecule has 1 N–H and O–H groups in total. The molecule has 0 spiro atoms. The van der Waals surface area contributed by atoms with Gasteiger partial charge in [-0.25, -0.2) is 8.42 Å². The van der Waals surface area contributed by atoms with E-state index in [2.05, 4.69) is 0 Å². The quantitative estimate of drug-likeness (QED) is 0.783. The number of carbonyl (C=O) groups is 1. The molecule has 1 amide bonds. The van der Waals surface area contributed by atoms with Crippen LogP contribution in [0.4, 0.5) is 0 Å². The summed E-state index contributed by atoms with van der Waals surface area (Å²) in [6.45, 7) is 0.738. The number of carbonyl (C=O) groups excluding carboxylic acids is 1. The SMILES string of the molecule is O=C(CSC1CCS(=O)(=O)C1)N1CCCC1CO. The summed E-state index contributed by atoms with van der Waals surface area (Å²) in [5.41, 5.74) is 0. The number of sulfone groups is 1. The Bertz CT molecular complexity index is 409. The van der Waals surface area contributed by atoms with Crippen molar-refractivity contribution in [1.82, 2.24) is 4.90 Å². The van der Waals surface area contributed by atoms with E-state index in [0.717, 1.165) is 12.8 Å². The molecule has 2 aliphatic heterocycles. The molecular formula is C11H19NO4S2. The number of nitrogens with zero attached hydrogens (tertiary/aromatic N) is 1. The van der Waals surface area contributed by atoms with Gasteiger partial charge >= 0.3 is 0 Å². The zero-order valence-electron chi connectivity index (χ0n) is 10.2. The number of hydrogen-bond acceptors (Lipinski definition) is 5. The van der Waals surface area contributed by atoms with Crippen LogP contribution in [0.2, 0.25) is 0 Å². The van der Waals surface area contributed by atoms with Crippen LogP contribution in [0.5, 0.6) is 0 Å². The van der Waals surface area contributed by atoms with Gasteiger partial charge in [0.25, 0.3) is 0 Å². The Hall–Kier alpha value is -0.270. The minimum atomic E-state index is -2.86. The van der Waals surface area contributed by atoms with Crippen molar-refractivity contribution in [1.29, 1.82) is 0 Å². The molecule has 2 saturated heterocycles. The van der Waals surface area contributed by atoms with Gasteiger partial charge in [-0.15, -0.1) is 11.8 Å². The topological polar surface area (TPSA) is 74.7 Å². The Morgan fingerprint density at radius 2 is 2.17 bits per heavy atom. The molecule has 2 heterocycles. The minimum Gasteiger partial charge on any atom is -0.394 e. The Morgan fingerprint density at radius 3 is 2.78 bits per heavy atom. The number of rotatable bonds is 4. The minimum absolute atomic E-state index is 0.0220. The van der Waals surface area contributed by atoms with Gasteiger partial charge in [0.15, 0.2) is 9.84 Å². The van der Waals surface area contributed by atoms with Crippen molar-refractivity contribution < 1.29 is 18.3 Å². The van der Waals surface area contributed by atoms with Crippen molar-refractivity contribution in [2.75, 3.05) is 30.4 Å². The molecule has 0 aliphatic carbocycles. The van der Waals surface area contributed by atoms with Crippen molar-refractivity contribution in [3.8, 4) is 0 Å². The molecule has 104 valence electrons. The smallest absolute Gasteiger partial charge is 0.232 e. The number of amides is 1. The molecule has 18 heavy (non-hydrogen) atoms. The van der Waals surface area contributed by atoms with E-state index in [-0.39, 0.29) is 35.3 Å². The van der Waals surface area contributed by atoms with Crippen LogP contribution in [-0.2, 0) is 14.6 Å². The van der Waals surface area contributed by atoms with Crippen molar-refractivity contribution in [2.45, 2.75) is 30.6 Å². The van der Waals surface area contributed by atoms with E-state index in [0.29, 0.717) is 18.7 Å². The highest BCUT2D eigenvalue weighted by atomic mass is 32.2. The molecule has 0 aromatic rings. The molecule has 0 saturated carbocycles. The summed E-state index contributed by atoms with van der Waals surface area (Å²) in [7, 11) is -2.86. The lowest BCUT2D eigenvalue weighted by atomic mass is 10.2. The number of aliphatic hydroxyl groups excluding tert-OH is 1. The Morgan fingerprint density at radius 1 is 1.39 bits per heavy atom. The van der Waals surface area contributed by atoms with E-state index in [1.165, 1.54) is 11.8 Å². The van der Waals surface area contributed by atoms with Crippen LogP contribution in [0.25, 0.3) is 0 Å². The lowest BCUT2D eigenvalue weighted by Gasteiger charge is -2.23. The predicted octanol–water partition coefficient (Wildman–Crippen LogP) is -0.110. The van der Waals surface area contributed by atoms with Gasteiger partial charge in [-0.05, 0) is 19.3 Å². The monoisotopic (exact) mass is 293 g/mol. The summed E-state index contributed by atoms with van der Waals surface area (Å²) in [4.78, 5) is 13.7. The van der Waals surface area contributed by atoms with Crippen LogP contribution in [0, 0.1) is 0 Å². The molecule has 2 aliphatic rings. The largest absolute Gasteiger partial charge is 0.394 e. The first-order chi connectivity index (χ1) is 8.52. The molecule has 2 unspecified atom stereocenters. The summed E-state index contributed by atoms with van der Waals surface area (Å²) < 4.78 is 22.6. The fourth-order valence-electron chi connectivity index (χ4n) is 2.52. The third-order valence-corrected chi connectivity index (χ3v) is 6.81. The van der Waals surface area contributed by atoms with Gasteiger partial charge in [-0.3, -0.25) is 4.79 Å². The van der Waals surface area contributed by atoms with Crippen LogP contribution >= 0.6 is 11.8 Å². The van der Waals surface area contributed by atoms with Gasteiger partial charge in [0.1, 0.15) is 0 Å². The van der Waals surface area contributed by atoms with E-state index in [4.69, 9.17) is 5.11 Å². The zero-order chi connectivity index (χ0) is 13.2. The van der Waals surface area contributed by atoms with E-state index in [1.54, 1.807) is 4.90 Å². The Balaban J connectivity index is 1.78. The van der Waals surface area contributed by atoms with Crippen molar-refractivity contribution in [2.24, 2.45) is 0 Å². The van der Waals surface area contributed by atoms with Gasteiger partial charge in [-0.1, -0.05) is 0 Å². The number of likely N-dealkylation sites (tertiary alicyclic amines) is 1. The molecular weight excluding hydrogens is 274 g/mol. The fraction of sp³-hybridized carbons (Fsp3) is 0.909. The van der Waals surface area contributed by atoms with Gasteiger partial charge in [-0.2, -0.15) is 0 Å². The maximum Gasteiger partial charge on any atom is 0.232 e. The van der Waals surface area contributed by atoms with Crippen LogP contribution in [0.15, 0.2) is 0 Å². The van der Waals surface area contributed by atoms with Gasteiger partial charge in [0.2, 0.25) is 5.91 Å². The summed E-state index contributed by atoms with van der Waals surface area (Å²) in [6, 6.07) is -0.0367. The second-order valence-electron chi connectivity index (χ2n) is 4.90. The summed E-state index contributed by atoms with van der Waals surface area (Å²) in [6.07, 6.45) is 2.47. The first-order valence-corrected chi connectivity index (χ1v) is 9.11. The number of thioether (sulfide) groups is 1. The second kappa shape index (κ2) is 5.79. The van der Waals surface area contributed by atoms with E-state index >= 15 is 0 Å². The van der Waals surface area contributed by atoms with E-state index in [1.807, 2.05) is 0 Å². The number of hydrogen-bond donors (Lipinski definition) is 1. The number of aliphatic hydroxyl groups is 1. The molecule has 0 radical (unpaired) electrons. The standard InChI is InChI=1S/C11H19NO4S2/c13-6-9-2-1-4-12(9)11(14)7-17-10-3-5-18(15,16)8-10/h9-10,13H,1-8H2. The van der Waals surface area contributed by atoms with Gasteiger partial charge in [0.05, 0.1) is 29.9 Å². The van der Waals surface area contributed by atoms with Gasteiger partial charge < -0.3 is 10.0 Å². The average molecular weight is 293 g/mol. The fourth-order valence-corrected chi connectivity index (χ4v) is 6.05. The highest BCUT2D eigenvalue weighted by molar-refractivity contribution is 8.02. The lowest BCUT2D eigenvalue weighted by Crippen LogP contribution is -2.39. The molecule has 0 aromatic heterocycles. The highest BCUT2D eigenvalue weighted by Gasteiger charge is 2.31. The van der Waals surface area contributed by atoms with E-state index in [9.17, 15) is 13.2 Å². The summed E-state index contributed by atoms with van der Waals surface area (Å²) in [5, 5.41) is 9.22. The van der Waals surface area contributed by atoms with Crippen LogP contribution in [-0.4, -0.2) is 66.0 Å². The molecule has 0 aromatic carbocycles. The maximum absolute atomic E-state index is 12.0. The molecule has 2 atom stereocenters. The highest BCUT2D eigenvalue weighted by Crippen LogP contribution is 2.25. The molecule has 5 nitrogen and oxygen atoms in total. The van der Waals surface area contributed by atoms with Crippen LogP contribution in [0.1, 0.15) is 19.3 Å². The predicted molar refractivity (Wildman–Crippen MR) is 71.3 cm³/mol. The Kier molecular flexibility index (Phi) is 4.55. The molecule has 7 heteroatoms. The zero-order valence-corrected chi connectivity index (χ0v) is 11.9. The molecule has 2 fully saturated rings. The van der Waals surface area contributed by atoms with Gasteiger partial charge in [0, 0.05) is 11.8 Å². The van der Waals surface area contributed by atoms with Crippen LogP contribution in [0.3, 0.4) is 0 Å². The lowest BCUT2D eigenvalue weighted by molar-refractivity contribution is -0.129. The van der Waals surface area contributed by atoms with E-state index < -0.39 is 9.84 Å². The van der Waals surface area contributed by atoms with Crippen molar-refractivity contribution in [3.05, 3.63) is 0 Å². The second-order valence-corrected chi connectivity index (χ2v) is 8.42. The van der Waals surface area contributed by atoms with Crippen LogP contribution < -0.4 is 0 Å². The third-order valence-electron chi connectivity index (χ3n) is 3.54. The third kappa shape index (κ3) is 3.39. The maximum atomic E-state index is 12.0.